The molecule has 2 N–H and O–H groups in total. The van der Waals surface area contributed by atoms with E-state index in [9.17, 15) is 19.8 Å². The van der Waals surface area contributed by atoms with Crippen molar-refractivity contribution in [1.29, 1.82) is 0 Å². The Labute approximate surface area is 123 Å². The zero-order valence-electron chi connectivity index (χ0n) is 10.6. The lowest BCUT2D eigenvalue weighted by atomic mass is 9.95. The molecule has 0 spiro atoms. The van der Waals surface area contributed by atoms with Crippen LogP contribution in [0.25, 0.3) is 11.1 Å². The average molecular weight is 335 g/mol. The minimum absolute atomic E-state index is 0.00402. The number of aromatic carboxylic acids is 2. The topological polar surface area (TPSA) is 74.6 Å². The molecule has 0 aliphatic carbocycles. The third-order valence-electron chi connectivity index (χ3n) is 3.05. The Morgan fingerprint density at radius 1 is 1.00 bits per heavy atom. The molecule has 20 heavy (non-hydrogen) atoms. The summed E-state index contributed by atoms with van der Waals surface area (Å²) in [5.41, 5.74) is 1.54. The van der Waals surface area contributed by atoms with E-state index < -0.39 is 11.9 Å². The summed E-state index contributed by atoms with van der Waals surface area (Å²) in [5, 5.41) is 18.4. The van der Waals surface area contributed by atoms with Crippen molar-refractivity contribution in [3.63, 3.8) is 0 Å². The second kappa shape index (κ2) is 5.46. The summed E-state index contributed by atoms with van der Waals surface area (Å²) < 4.78 is 0.775. The summed E-state index contributed by atoms with van der Waals surface area (Å²) in [6.45, 7) is 1.50. The number of hydrogen-bond acceptors (Lipinski definition) is 2. The fourth-order valence-corrected chi connectivity index (χ4v) is 2.52. The summed E-state index contributed by atoms with van der Waals surface area (Å²) >= 11 is 3.38. The normalized spacial score (nSPS) is 10.3. The second-order valence-electron chi connectivity index (χ2n) is 4.29. The van der Waals surface area contributed by atoms with Crippen molar-refractivity contribution in [2.75, 3.05) is 0 Å². The van der Waals surface area contributed by atoms with Crippen molar-refractivity contribution in [2.45, 2.75) is 6.92 Å². The molecule has 0 amide bonds. The van der Waals surface area contributed by atoms with Gasteiger partial charge in [-0.25, -0.2) is 9.59 Å². The van der Waals surface area contributed by atoms with Crippen LogP contribution in [0.15, 0.2) is 40.9 Å². The Hall–Kier alpha value is -2.14. The van der Waals surface area contributed by atoms with E-state index in [0.29, 0.717) is 5.56 Å². The molecule has 0 unspecified atom stereocenters. The Balaban J connectivity index is 2.75. The lowest BCUT2D eigenvalue weighted by Gasteiger charge is -2.11. The summed E-state index contributed by atoms with van der Waals surface area (Å²) in [4.78, 5) is 22.5. The maximum Gasteiger partial charge on any atom is 0.335 e. The number of rotatable bonds is 3. The first-order chi connectivity index (χ1) is 9.41. The van der Waals surface area contributed by atoms with E-state index >= 15 is 0 Å². The van der Waals surface area contributed by atoms with Gasteiger partial charge in [0, 0.05) is 4.47 Å². The number of halogens is 1. The molecule has 0 radical (unpaired) electrons. The predicted octanol–water partition coefficient (Wildman–Crippen LogP) is 3.82. The number of carboxylic acid groups (broad SMARTS) is 2. The third-order valence-corrected chi connectivity index (χ3v) is 3.74. The van der Waals surface area contributed by atoms with Gasteiger partial charge in [-0.15, -0.1) is 0 Å². The van der Waals surface area contributed by atoms with E-state index in [1.165, 1.54) is 19.1 Å². The molecule has 4 nitrogen and oxygen atoms in total. The van der Waals surface area contributed by atoms with E-state index in [0.717, 1.165) is 10.0 Å². The molecule has 0 heterocycles. The third kappa shape index (κ3) is 2.58. The first kappa shape index (κ1) is 14.3. The Bertz CT molecular complexity index is 672. The van der Waals surface area contributed by atoms with Gasteiger partial charge in [0.15, 0.2) is 0 Å². The van der Waals surface area contributed by atoms with E-state index in [4.69, 9.17) is 0 Å². The fourth-order valence-electron chi connectivity index (χ4n) is 2.01. The van der Waals surface area contributed by atoms with Crippen LogP contribution in [0.4, 0.5) is 0 Å². The van der Waals surface area contributed by atoms with Crippen LogP contribution in [-0.4, -0.2) is 22.2 Å². The summed E-state index contributed by atoms with van der Waals surface area (Å²) in [7, 11) is 0. The summed E-state index contributed by atoms with van der Waals surface area (Å²) in [6, 6.07) is 10.2. The van der Waals surface area contributed by atoms with E-state index in [1.54, 1.807) is 12.1 Å². The van der Waals surface area contributed by atoms with Gasteiger partial charge in [0.05, 0.1) is 11.1 Å². The van der Waals surface area contributed by atoms with Crippen LogP contribution in [-0.2, 0) is 0 Å². The highest BCUT2D eigenvalue weighted by atomic mass is 79.9. The van der Waals surface area contributed by atoms with Crippen molar-refractivity contribution >= 4 is 27.9 Å². The van der Waals surface area contributed by atoms with Gasteiger partial charge in [0.2, 0.25) is 0 Å². The van der Waals surface area contributed by atoms with Crippen LogP contribution in [0.1, 0.15) is 26.3 Å². The SMILES string of the molecule is Cc1c(C(=O)O)cc(-c2ccccc2Br)cc1C(=O)O. The highest BCUT2D eigenvalue weighted by Gasteiger charge is 2.18. The van der Waals surface area contributed by atoms with Crippen LogP contribution in [0.2, 0.25) is 0 Å². The Morgan fingerprint density at radius 2 is 1.50 bits per heavy atom. The maximum absolute atomic E-state index is 11.3. The largest absolute Gasteiger partial charge is 0.478 e. The molecule has 0 aliphatic heterocycles. The molecule has 0 bridgehead atoms. The quantitative estimate of drug-likeness (QED) is 0.894. The maximum atomic E-state index is 11.3. The Kier molecular flexibility index (Phi) is 3.90. The molecule has 0 atom stereocenters. The lowest BCUT2D eigenvalue weighted by Crippen LogP contribution is -2.07. The molecule has 2 aromatic rings. The monoisotopic (exact) mass is 334 g/mol. The molecule has 5 heteroatoms. The molecular weight excluding hydrogens is 324 g/mol. The zero-order valence-corrected chi connectivity index (χ0v) is 12.1. The molecule has 0 fully saturated rings. The van der Waals surface area contributed by atoms with E-state index in [2.05, 4.69) is 15.9 Å². The van der Waals surface area contributed by atoms with Gasteiger partial charge in [0.1, 0.15) is 0 Å². The van der Waals surface area contributed by atoms with Crippen LogP contribution in [0.3, 0.4) is 0 Å². The van der Waals surface area contributed by atoms with Crippen LogP contribution < -0.4 is 0 Å². The van der Waals surface area contributed by atoms with Gasteiger partial charge in [0.25, 0.3) is 0 Å². The highest BCUT2D eigenvalue weighted by molar-refractivity contribution is 9.10. The predicted molar refractivity (Wildman–Crippen MR) is 78.2 cm³/mol. The number of carbonyl (C=O) groups is 2. The van der Waals surface area contributed by atoms with E-state index in [1.807, 2.05) is 12.1 Å². The van der Waals surface area contributed by atoms with Crippen molar-refractivity contribution in [3.8, 4) is 11.1 Å². The van der Waals surface area contributed by atoms with Crippen LogP contribution in [0.5, 0.6) is 0 Å². The lowest BCUT2D eigenvalue weighted by molar-refractivity contribution is 0.0696. The van der Waals surface area contributed by atoms with Gasteiger partial charge < -0.3 is 10.2 Å². The number of benzene rings is 2. The van der Waals surface area contributed by atoms with Crippen LogP contribution >= 0.6 is 15.9 Å². The summed E-state index contributed by atoms with van der Waals surface area (Å²) in [6.07, 6.45) is 0. The van der Waals surface area contributed by atoms with Crippen molar-refractivity contribution in [2.24, 2.45) is 0 Å². The molecule has 0 saturated heterocycles. The second-order valence-corrected chi connectivity index (χ2v) is 5.14. The molecule has 2 aromatic carbocycles. The van der Waals surface area contributed by atoms with Gasteiger partial charge in [-0.1, -0.05) is 34.1 Å². The molecule has 0 aromatic heterocycles. The zero-order chi connectivity index (χ0) is 14.9. The first-order valence-corrected chi connectivity index (χ1v) is 6.57. The van der Waals surface area contributed by atoms with Crippen molar-refractivity contribution in [1.82, 2.24) is 0 Å². The standard InChI is InChI=1S/C15H11BrO4/c1-8-11(14(17)18)6-9(7-12(8)15(19)20)10-4-2-3-5-13(10)16/h2-7H,1H3,(H,17,18)(H,19,20). The number of carboxylic acids is 2. The van der Waals surface area contributed by atoms with E-state index in [-0.39, 0.29) is 16.7 Å². The number of hydrogen-bond donors (Lipinski definition) is 2. The highest BCUT2D eigenvalue weighted by Crippen LogP contribution is 2.31. The first-order valence-electron chi connectivity index (χ1n) is 5.78. The molecule has 2 rings (SSSR count). The van der Waals surface area contributed by atoms with Gasteiger partial charge in [-0.3, -0.25) is 0 Å². The minimum Gasteiger partial charge on any atom is -0.478 e. The molecule has 102 valence electrons. The minimum atomic E-state index is -1.14. The molecule has 0 aliphatic rings. The van der Waals surface area contributed by atoms with Crippen LogP contribution in [0, 0.1) is 6.92 Å². The average Bonchev–Trinajstić information content (AvgIpc) is 2.39. The van der Waals surface area contributed by atoms with Crippen molar-refractivity contribution < 1.29 is 19.8 Å². The van der Waals surface area contributed by atoms with Gasteiger partial charge in [-0.05, 0) is 41.8 Å². The fraction of sp³-hybridized carbons (Fsp3) is 0.0667. The van der Waals surface area contributed by atoms with Gasteiger partial charge >= 0.3 is 11.9 Å². The Morgan fingerprint density at radius 3 is 1.95 bits per heavy atom. The van der Waals surface area contributed by atoms with Gasteiger partial charge in [-0.2, -0.15) is 0 Å². The van der Waals surface area contributed by atoms with Crippen molar-refractivity contribution in [3.05, 3.63) is 57.6 Å². The molecule has 0 saturated carbocycles. The summed E-state index contributed by atoms with van der Waals surface area (Å²) in [5.74, 6) is -2.28. The molecular formula is C15H11BrO4. The smallest absolute Gasteiger partial charge is 0.335 e.